The molecule has 2 amide bonds. The second kappa shape index (κ2) is 10.8. The van der Waals surface area contributed by atoms with Crippen molar-refractivity contribution in [2.24, 2.45) is 0 Å². The minimum Gasteiger partial charge on any atom is -0.507 e. The minimum atomic E-state index is -4.14. The maximum atomic E-state index is 14.0. The molecule has 6 aromatic rings. The van der Waals surface area contributed by atoms with Crippen molar-refractivity contribution in [3.63, 3.8) is 0 Å². The fraction of sp³-hybridized carbons (Fsp3) is 0.0556. The van der Waals surface area contributed by atoms with Crippen molar-refractivity contribution in [2.75, 3.05) is 7.05 Å². The lowest BCUT2D eigenvalue weighted by molar-refractivity contribution is -0.134. The van der Waals surface area contributed by atoms with Gasteiger partial charge in [-0.1, -0.05) is 72.8 Å². The van der Waals surface area contributed by atoms with Crippen LogP contribution in [0.15, 0.2) is 126 Å². The van der Waals surface area contributed by atoms with Crippen molar-refractivity contribution in [3.8, 4) is 11.5 Å². The van der Waals surface area contributed by atoms with E-state index in [1.54, 1.807) is 48.5 Å². The summed E-state index contributed by atoms with van der Waals surface area (Å²) in [5.74, 6) is -0.957. The fourth-order valence-electron chi connectivity index (χ4n) is 5.68. The second-order valence-corrected chi connectivity index (χ2v) is 12.6. The lowest BCUT2D eigenvalue weighted by Gasteiger charge is -2.10. The number of phenolic OH excluding ortho intramolecular Hbond substituents is 1. The number of carbonyl (C=O) groups excluding carboxylic acids is 2. The van der Waals surface area contributed by atoms with E-state index < -0.39 is 21.8 Å². The first kappa shape index (κ1) is 28.1. The lowest BCUT2D eigenvalue weighted by atomic mass is 9.93. The van der Waals surface area contributed by atoms with Gasteiger partial charge in [0.2, 0.25) is 0 Å². The summed E-state index contributed by atoms with van der Waals surface area (Å²) in [4.78, 5) is 28.4. The molecule has 0 atom stereocenters. The van der Waals surface area contributed by atoms with Crippen LogP contribution in [0.5, 0.6) is 11.5 Å². The van der Waals surface area contributed by atoms with Crippen LogP contribution < -0.4 is 4.74 Å². The number of amides is 2. The van der Waals surface area contributed by atoms with Gasteiger partial charge in [-0.25, -0.2) is 12.4 Å². The summed E-state index contributed by atoms with van der Waals surface area (Å²) in [6, 6.07) is 33.1. The molecule has 9 heteroatoms. The highest BCUT2D eigenvalue weighted by Gasteiger charge is 2.40. The van der Waals surface area contributed by atoms with Crippen LogP contribution in [-0.4, -0.2) is 41.3 Å². The van der Waals surface area contributed by atoms with Gasteiger partial charge in [0, 0.05) is 35.8 Å². The summed E-state index contributed by atoms with van der Waals surface area (Å²) in [6.07, 6.45) is 1.37. The molecule has 0 fully saturated rings. The number of hydrogen-bond donors (Lipinski definition) is 1. The van der Waals surface area contributed by atoms with E-state index in [2.05, 4.69) is 0 Å². The third kappa shape index (κ3) is 4.74. The molecule has 7 rings (SSSR count). The first-order valence-electron chi connectivity index (χ1n) is 14.2. The van der Waals surface area contributed by atoms with Crippen LogP contribution in [0.1, 0.15) is 16.7 Å². The van der Waals surface area contributed by atoms with Crippen LogP contribution in [0.2, 0.25) is 0 Å². The Balaban J connectivity index is 1.47. The first-order valence-corrected chi connectivity index (χ1v) is 15.6. The fourth-order valence-corrected chi connectivity index (χ4v) is 7.06. The zero-order chi connectivity index (χ0) is 31.3. The van der Waals surface area contributed by atoms with E-state index in [-0.39, 0.29) is 45.0 Å². The van der Waals surface area contributed by atoms with Gasteiger partial charge < -0.3 is 9.84 Å². The maximum Gasteiger partial charge on any atom is 0.268 e. The molecule has 0 spiro atoms. The summed E-state index contributed by atoms with van der Waals surface area (Å²) >= 11 is 0. The molecule has 0 radical (unpaired) electrons. The highest BCUT2D eigenvalue weighted by atomic mass is 32.2. The number of phenols is 1. The van der Waals surface area contributed by atoms with Crippen LogP contribution in [0.3, 0.4) is 0 Å². The lowest BCUT2D eigenvalue weighted by Crippen LogP contribution is -2.26. The number of hydrogen-bond acceptors (Lipinski definition) is 6. The molecule has 5 aromatic carbocycles. The first-order chi connectivity index (χ1) is 21.7. The maximum absolute atomic E-state index is 14.0. The Bertz CT molecular complexity index is 2290. The van der Waals surface area contributed by atoms with Crippen molar-refractivity contribution in [1.82, 2.24) is 8.87 Å². The molecule has 45 heavy (non-hydrogen) atoms. The Labute approximate surface area is 259 Å². The highest BCUT2D eigenvalue weighted by Crippen LogP contribution is 2.43. The SMILES string of the molecule is CN1C(=O)C(c2cc3ccccc3cc2O)=C(c2cn(S(=O)(=O)c3ccccc3)c3cc(OCc4ccccc4)ccc23)C1=O. The van der Waals surface area contributed by atoms with E-state index >= 15 is 0 Å². The third-order valence-corrected chi connectivity index (χ3v) is 9.67. The zero-order valence-corrected chi connectivity index (χ0v) is 24.9. The van der Waals surface area contributed by atoms with Crippen molar-refractivity contribution < 1.29 is 27.9 Å². The largest absolute Gasteiger partial charge is 0.507 e. The van der Waals surface area contributed by atoms with Crippen molar-refractivity contribution in [1.29, 1.82) is 0 Å². The topological polar surface area (TPSA) is 106 Å². The van der Waals surface area contributed by atoms with Crippen LogP contribution in [0.25, 0.3) is 32.8 Å². The van der Waals surface area contributed by atoms with Crippen molar-refractivity contribution >= 4 is 54.7 Å². The summed E-state index contributed by atoms with van der Waals surface area (Å²) in [6.45, 7) is 0.264. The quantitative estimate of drug-likeness (QED) is 0.214. The Morgan fingerprint density at radius 1 is 0.711 bits per heavy atom. The molecule has 0 aliphatic carbocycles. The van der Waals surface area contributed by atoms with E-state index in [0.717, 1.165) is 25.2 Å². The molecule has 1 aromatic heterocycles. The van der Waals surface area contributed by atoms with Crippen LogP contribution in [-0.2, 0) is 26.2 Å². The number of imide groups is 1. The van der Waals surface area contributed by atoms with Crippen molar-refractivity contribution in [3.05, 3.63) is 138 Å². The van der Waals surface area contributed by atoms with E-state index in [9.17, 15) is 23.1 Å². The van der Waals surface area contributed by atoms with E-state index in [1.165, 1.54) is 25.4 Å². The predicted octanol–water partition coefficient (Wildman–Crippen LogP) is 6.23. The van der Waals surface area contributed by atoms with Gasteiger partial charge in [-0.05, 0) is 52.7 Å². The summed E-state index contributed by atoms with van der Waals surface area (Å²) in [5.41, 5.74) is 1.62. The molecule has 2 heterocycles. The van der Waals surface area contributed by atoms with Crippen LogP contribution in [0, 0.1) is 0 Å². The van der Waals surface area contributed by atoms with Crippen molar-refractivity contribution in [2.45, 2.75) is 11.5 Å². The van der Waals surface area contributed by atoms with Gasteiger partial charge in [0.15, 0.2) is 0 Å². The highest BCUT2D eigenvalue weighted by molar-refractivity contribution is 7.90. The van der Waals surface area contributed by atoms with E-state index in [1.807, 2.05) is 54.6 Å². The van der Waals surface area contributed by atoms with Gasteiger partial charge in [-0.2, -0.15) is 0 Å². The Morgan fingerprint density at radius 3 is 2.00 bits per heavy atom. The molecule has 1 N–H and O–H groups in total. The number of likely N-dealkylation sites (N-methyl/N-ethyl adjacent to an activating group) is 1. The molecule has 0 unspecified atom stereocenters. The molecular weight excluding hydrogens is 588 g/mol. The van der Waals surface area contributed by atoms with Crippen LogP contribution >= 0.6 is 0 Å². The summed E-state index contributed by atoms with van der Waals surface area (Å²) < 4.78 is 35.2. The van der Waals surface area contributed by atoms with Gasteiger partial charge in [-0.15, -0.1) is 0 Å². The van der Waals surface area contributed by atoms with Crippen LogP contribution in [0.4, 0.5) is 0 Å². The molecule has 1 aliphatic rings. The van der Waals surface area contributed by atoms with Gasteiger partial charge in [0.05, 0.1) is 21.6 Å². The Morgan fingerprint density at radius 2 is 1.31 bits per heavy atom. The van der Waals surface area contributed by atoms with Gasteiger partial charge in [0.25, 0.3) is 21.8 Å². The number of aromatic nitrogens is 1. The van der Waals surface area contributed by atoms with Gasteiger partial charge in [-0.3, -0.25) is 14.5 Å². The molecular formula is C36H26N2O6S. The Hall–Kier alpha value is -5.67. The number of benzene rings is 5. The number of aromatic hydroxyl groups is 1. The van der Waals surface area contributed by atoms with E-state index in [4.69, 9.17) is 4.74 Å². The second-order valence-electron chi connectivity index (χ2n) is 10.7. The normalized spacial score (nSPS) is 13.8. The number of ether oxygens (including phenoxy) is 1. The number of nitrogens with zero attached hydrogens (tertiary/aromatic N) is 2. The molecule has 8 nitrogen and oxygen atoms in total. The summed E-state index contributed by atoms with van der Waals surface area (Å²) in [7, 11) is -2.78. The predicted molar refractivity (Wildman–Crippen MR) is 172 cm³/mol. The average molecular weight is 615 g/mol. The summed E-state index contributed by atoms with van der Waals surface area (Å²) in [5, 5.41) is 13.0. The van der Waals surface area contributed by atoms with E-state index in [0.29, 0.717) is 11.1 Å². The number of rotatable bonds is 7. The molecule has 0 bridgehead atoms. The number of carbonyl (C=O) groups is 2. The molecule has 1 aliphatic heterocycles. The molecule has 0 saturated carbocycles. The monoisotopic (exact) mass is 614 g/mol. The third-order valence-electron chi connectivity index (χ3n) is 7.98. The minimum absolute atomic E-state index is 0.00181. The molecule has 222 valence electrons. The standard InChI is InChI=1S/C36H26N2O6S/c1-37-35(40)33(29-18-24-12-8-9-13-25(24)19-32(29)39)34(36(37)41)30-21-38(45(42,43)27-14-6-3-7-15-27)31-20-26(16-17-28(30)31)44-22-23-10-4-2-5-11-23/h2-21,39H,22H2,1H3. The van der Waals surface area contributed by atoms with Gasteiger partial charge in [0.1, 0.15) is 18.1 Å². The number of fused-ring (bicyclic) bond motifs is 2. The Kier molecular flexibility index (Phi) is 6.75. The molecule has 0 saturated heterocycles. The average Bonchev–Trinajstić information content (AvgIpc) is 3.54. The smallest absolute Gasteiger partial charge is 0.268 e. The van der Waals surface area contributed by atoms with Gasteiger partial charge >= 0.3 is 0 Å². The zero-order valence-electron chi connectivity index (χ0n) is 24.0.